The molecule has 0 spiro atoms. The van der Waals surface area contributed by atoms with E-state index in [0.717, 1.165) is 16.5 Å². The molecule has 0 aliphatic heterocycles. The van der Waals surface area contributed by atoms with Crippen LogP contribution in [-0.4, -0.2) is 18.4 Å². The Balaban J connectivity index is 2.01. The third-order valence-corrected chi connectivity index (χ3v) is 4.18. The molecule has 0 fully saturated rings. The summed E-state index contributed by atoms with van der Waals surface area (Å²) in [5.41, 5.74) is 1.76. The van der Waals surface area contributed by atoms with Gasteiger partial charge in [0, 0.05) is 31.6 Å². The van der Waals surface area contributed by atoms with Gasteiger partial charge in [-0.3, -0.25) is 9.59 Å². The Labute approximate surface area is 158 Å². The number of nitrogens with one attached hydrogen (secondary N) is 1. The van der Waals surface area contributed by atoms with Crippen molar-refractivity contribution >= 4 is 23.2 Å². The number of halogens is 2. The van der Waals surface area contributed by atoms with E-state index < -0.39 is 17.5 Å². The average Bonchev–Trinajstić information content (AvgIpc) is 2.56. The first-order chi connectivity index (χ1) is 12.6. The molecule has 0 aliphatic rings. The van der Waals surface area contributed by atoms with E-state index >= 15 is 0 Å². The van der Waals surface area contributed by atoms with Gasteiger partial charge in [0.05, 0.1) is 5.69 Å². The van der Waals surface area contributed by atoms with Crippen LogP contribution in [0.15, 0.2) is 42.5 Å². The van der Waals surface area contributed by atoms with Crippen LogP contribution in [0.5, 0.6) is 0 Å². The van der Waals surface area contributed by atoms with E-state index in [-0.39, 0.29) is 30.0 Å². The van der Waals surface area contributed by atoms with Crippen LogP contribution in [0.1, 0.15) is 39.7 Å². The van der Waals surface area contributed by atoms with Gasteiger partial charge >= 0.3 is 0 Å². The maximum atomic E-state index is 13.9. The molecular formula is C21H24F2N2O2. The normalized spacial score (nSPS) is 11.2. The van der Waals surface area contributed by atoms with Crippen molar-refractivity contribution in [3.05, 3.63) is 59.7 Å². The Morgan fingerprint density at radius 1 is 1.04 bits per heavy atom. The molecule has 2 aromatic carbocycles. The fourth-order valence-electron chi connectivity index (χ4n) is 2.64. The molecule has 0 bridgehead atoms. The molecule has 4 nitrogen and oxygen atoms in total. The smallest absolute Gasteiger partial charge is 0.226 e. The molecule has 0 saturated carbocycles. The van der Waals surface area contributed by atoms with Crippen molar-refractivity contribution in [2.24, 2.45) is 0 Å². The van der Waals surface area contributed by atoms with E-state index in [2.05, 4.69) is 26.1 Å². The summed E-state index contributed by atoms with van der Waals surface area (Å²) < 4.78 is 27.0. The Bertz CT molecular complexity index is 827. The summed E-state index contributed by atoms with van der Waals surface area (Å²) in [5.74, 6) is -2.30. The summed E-state index contributed by atoms with van der Waals surface area (Å²) in [4.78, 5) is 25.1. The minimum absolute atomic E-state index is 0.0101. The van der Waals surface area contributed by atoms with E-state index in [1.165, 1.54) is 13.0 Å². The number of hydrogen-bond donors (Lipinski definition) is 1. The molecule has 2 aromatic rings. The van der Waals surface area contributed by atoms with Gasteiger partial charge in [0.15, 0.2) is 0 Å². The first-order valence-corrected chi connectivity index (χ1v) is 8.71. The minimum atomic E-state index is -0.844. The molecule has 2 amide bonds. The number of benzene rings is 2. The lowest BCUT2D eigenvalue weighted by Gasteiger charge is -2.22. The number of carbonyl (C=O) groups excluding carboxylic acids is 2. The summed E-state index contributed by atoms with van der Waals surface area (Å²) >= 11 is 0. The molecule has 144 valence electrons. The van der Waals surface area contributed by atoms with Crippen LogP contribution < -0.4 is 10.2 Å². The van der Waals surface area contributed by atoms with Gasteiger partial charge in [0.25, 0.3) is 0 Å². The third kappa shape index (κ3) is 5.61. The largest absolute Gasteiger partial charge is 0.326 e. The lowest BCUT2D eigenvalue weighted by atomic mass is 9.87. The van der Waals surface area contributed by atoms with Crippen LogP contribution in [0.2, 0.25) is 0 Å². The lowest BCUT2D eigenvalue weighted by Crippen LogP contribution is -2.32. The molecule has 0 aromatic heterocycles. The predicted molar refractivity (Wildman–Crippen MR) is 103 cm³/mol. The van der Waals surface area contributed by atoms with Gasteiger partial charge in [-0.1, -0.05) is 32.9 Å². The number of amides is 2. The van der Waals surface area contributed by atoms with Crippen LogP contribution in [0.3, 0.4) is 0 Å². The summed E-state index contributed by atoms with van der Waals surface area (Å²) in [6.07, 6.45) is -0.0164. The first-order valence-electron chi connectivity index (χ1n) is 8.71. The van der Waals surface area contributed by atoms with Crippen LogP contribution in [0.25, 0.3) is 0 Å². The van der Waals surface area contributed by atoms with E-state index in [1.807, 2.05) is 24.3 Å². The zero-order chi connectivity index (χ0) is 20.2. The quantitative estimate of drug-likeness (QED) is 0.829. The van der Waals surface area contributed by atoms with Crippen molar-refractivity contribution in [1.29, 1.82) is 0 Å². The standard InChI is InChI=1S/C21H24F2N2O2/c1-14(26)25(19-10-7-16(22)13-18(19)23)12-11-20(27)24-17-8-5-15(6-9-17)21(2,3)4/h5-10,13H,11-12H2,1-4H3,(H,24,27). The van der Waals surface area contributed by atoms with Gasteiger partial charge in [-0.2, -0.15) is 0 Å². The summed E-state index contributed by atoms with van der Waals surface area (Å²) in [5, 5.41) is 2.76. The lowest BCUT2D eigenvalue weighted by molar-refractivity contribution is -0.117. The van der Waals surface area contributed by atoms with Crippen LogP contribution in [0, 0.1) is 11.6 Å². The third-order valence-electron chi connectivity index (χ3n) is 4.18. The molecule has 2 rings (SSSR count). The Morgan fingerprint density at radius 3 is 2.19 bits per heavy atom. The molecule has 0 unspecified atom stereocenters. The molecule has 0 radical (unpaired) electrons. The average molecular weight is 374 g/mol. The summed E-state index contributed by atoms with van der Waals surface area (Å²) in [6.45, 7) is 7.57. The maximum absolute atomic E-state index is 13.9. The summed E-state index contributed by atoms with van der Waals surface area (Å²) in [7, 11) is 0. The van der Waals surface area contributed by atoms with Gasteiger partial charge in [-0.15, -0.1) is 0 Å². The first kappa shape index (κ1) is 20.6. The van der Waals surface area contributed by atoms with Crippen molar-refractivity contribution in [2.75, 3.05) is 16.8 Å². The molecule has 6 heteroatoms. The van der Waals surface area contributed by atoms with Gasteiger partial charge in [-0.25, -0.2) is 8.78 Å². The molecule has 0 aliphatic carbocycles. The minimum Gasteiger partial charge on any atom is -0.326 e. The van der Waals surface area contributed by atoms with E-state index in [9.17, 15) is 18.4 Å². The van der Waals surface area contributed by atoms with Crippen molar-refractivity contribution in [1.82, 2.24) is 0 Å². The second kappa shape index (κ2) is 8.29. The SMILES string of the molecule is CC(=O)N(CCC(=O)Nc1ccc(C(C)(C)C)cc1)c1ccc(F)cc1F. The van der Waals surface area contributed by atoms with Crippen LogP contribution in [-0.2, 0) is 15.0 Å². The van der Waals surface area contributed by atoms with Crippen molar-refractivity contribution in [3.8, 4) is 0 Å². The van der Waals surface area contributed by atoms with E-state index in [1.54, 1.807) is 0 Å². The van der Waals surface area contributed by atoms with Crippen LogP contribution in [0.4, 0.5) is 20.2 Å². The van der Waals surface area contributed by atoms with Crippen molar-refractivity contribution in [2.45, 2.75) is 39.5 Å². The van der Waals surface area contributed by atoms with E-state index in [0.29, 0.717) is 11.8 Å². The van der Waals surface area contributed by atoms with Crippen molar-refractivity contribution < 1.29 is 18.4 Å². The fraction of sp³-hybridized carbons (Fsp3) is 0.333. The van der Waals surface area contributed by atoms with Crippen molar-refractivity contribution in [3.63, 3.8) is 0 Å². The Morgan fingerprint density at radius 2 is 1.67 bits per heavy atom. The monoisotopic (exact) mass is 374 g/mol. The number of anilines is 2. The fourth-order valence-corrected chi connectivity index (χ4v) is 2.64. The highest BCUT2D eigenvalue weighted by Crippen LogP contribution is 2.24. The number of rotatable bonds is 5. The topological polar surface area (TPSA) is 49.4 Å². The highest BCUT2D eigenvalue weighted by Gasteiger charge is 2.18. The van der Waals surface area contributed by atoms with Gasteiger partial charge in [0.1, 0.15) is 11.6 Å². The van der Waals surface area contributed by atoms with Gasteiger partial charge < -0.3 is 10.2 Å². The Kier molecular flexibility index (Phi) is 6.31. The predicted octanol–water partition coefficient (Wildman–Crippen LogP) is 4.64. The zero-order valence-corrected chi connectivity index (χ0v) is 16.0. The van der Waals surface area contributed by atoms with Gasteiger partial charge in [-0.05, 0) is 35.2 Å². The molecule has 0 heterocycles. The van der Waals surface area contributed by atoms with Gasteiger partial charge in [0.2, 0.25) is 11.8 Å². The number of nitrogens with zero attached hydrogens (tertiary/aromatic N) is 1. The van der Waals surface area contributed by atoms with E-state index in [4.69, 9.17) is 0 Å². The Hall–Kier alpha value is -2.76. The highest BCUT2D eigenvalue weighted by atomic mass is 19.1. The molecule has 0 atom stereocenters. The second-order valence-electron chi connectivity index (χ2n) is 7.39. The zero-order valence-electron chi connectivity index (χ0n) is 16.0. The molecule has 1 N–H and O–H groups in total. The molecule has 27 heavy (non-hydrogen) atoms. The van der Waals surface area contributed by atoms with Crippen LogP contribution >= 0.6 is 0 Å². The highest BCUT2D eigenvalue weighted by molar-refractivity contribution is 5.94. The molecular weight excluding hydrogens is 350 g/mol. The maximum Gasteiger partial charge on any atom is 0.226 e. The summed E-state index contributed by atoms with van der Waals surface area (Å²) in [6, 6.07) is 10.5. The molecule has 0 saturated heterocycles. The number of carbonyl (C=O) groups is 2. The second-order valence-corrected chi connectivity index (χ2v) is 7.39. The number of hydrogen-bond acceptors (Lipinski definition) is 2.